The van der Waals surface area contributed by atoms with Crippen molar-refractivity contribution in [3.8, 4) is 0 Å². The van der Waals surface area contributed by atoms with E-state index in [2.05, 4.69) is 28.2 Å². The molecule has 0 unspecified atom stereocenters. The molecule has 0 aliphatic heterocycles. The summed E-state index contributed by atoms with van der Waals surface area (Å²) in [5.74, 6) is 0.759. The van der Waals surface area contributed by atoms with Crippen molar-refractivity contribution in [2.75, 3.05) is 5.73 Å². The van der Waals surface area contributed by atoms with Crippen molar-refractivity contribution in [2.24, 2.45) is 5.92 Å². The van der Waals surface area contributed by atoms with Crippen LogP contribution in [0.4, 0.5) is 5.69 Å². The zero-order chi connectivity index (χ0) is 15.0. The van der Waals surface area contributed by atoms with Gasteiger partial charge in [-0.1, -0.05) is 22.9 Å². The van der Waals surface area contributed by atoms with Crippen LogP contribution in [-0.2, 0) is 0 Å². The second-order valence-electron chi connectivity index (χ2n) is 5.92. The van der Waals surface area contributed by atoms with E-state index in [1.54, 1.807) is 0 Å². The molecule has 1 amide bonds. The molecular formula is C16H19BrN2OS. The summed E-state index contributed by atoms with van der Waals surface area (Å²) in [4.78, 5) is 13.1. The van der Waals surface area contributed by atoms with Gasteiger partial charge in [-0.2, -0.15) is 0 Å². The highest BCUT2D eigenvalue weighted by molar-refractivity contribution is 9.10. The predicted molar refractivity (Wildman–Crippen MR) is 92.8 cm³/mol. The van der Waals surface area contributed by atoms with E-state index in [0.717, 1.165) is 33.3 Å². The van der Waals surface area contributed by atoms with Crippen LogP contribution in [0.2, 0.25) is 0 Å². The highest BCUT2D eigenvalue weighted by atomic mass is 79.9. The molecule has 21 heavy (non-hydrogen) atoms. The second kappa shape index (κ2) is 5.97. The van der Waals surface area contributed by atoms with Crippen LogP contribution >= 0.6 is 27.3 Å². The number of nitrogens with two attached hydrogens (primary N) is 1. The number of carbonyl (C=O) groups is 1. The van der Waals surface area contributed by atoms with Gasteiger partial charge in [0.15, 0.2) is 0 Å². The van der Waals surface area contributed by atoms with Gasteiger partial charge in [-0.3, -0.25) is 4.79 Å². The zero-order valence-electron chi connectivity index (χ0n) is 12.0. The molecule has 0 bridgehead atoms. The number of hydrogen-bond acceptors (Lipinski definition) is 3. The average molecular weight is 367 g/mol. The summed E-state index contributed by atoms with van der Waals surface area (Å²) in [5.41, 5.74) is 6.76. The number of anilines is 1. The van der Waals surface area contributed by atoms with Crippen LogP contribution in [0, 0.1) is 5.92 Å². The smallest absolute Gasteiger partial charge is 0.263 e. The number of carbonyl (C=O) groups excluding carboxylic acids is 1. The zero-order valence-corrected chi connectivity index (χ0v) is 14.4. The van der Waals surface area contributed by atoms with E-state index >= 15 is 0 Å². The third kappa shape index (κ3) is 3.09. The summed E-state index contributed by atoms with van der Waals surface area (Å²) in [6.07, 6.45) is 4.53. The fourth-order valence-corrected chi connectivity index (χ4v) is 4.28. The first kappa shape index (κ1) is 14.9. The minimum absolute atomic E-state index is 0.0237. The monoisotopic (exact) mass is 366 g/mol. The van der Waals surface area contributed by atoms with Crippen LogP contribution in [-0.4, -0.2) is 11.9 Å². The molecule has 112 valence electrons. The Morgan fingerprint density at radius 3 is 2.76 bits per heavy atom. The Morgan fingerprint density at radius 2 is 2.05 bits per heavy atom. The highest BCUT2D eigenvalue weighted by Crippen LogP contribution is 2.35. The molecular weight excluding hydrogens is 348 g/mol. The van der Waals surface area contributed by atoms with E-state index < -0.39 is 0 Å². The molecule has 1 aromatic carbocycles. The van der Waals surface area contributed by atoms with Crippen LogP contribution in [0.1, 0.15) is 42.3 Å². The average Bonchev–Trinajstić information content (AvgIpc) is 2.79. The summed E-state index contributed by atoms with van der Waals surface area (Å²) in [5, 5.41) is 4.11. The van der Waals surface area contributed by atoms with Crippen molar-refractivity contribution < 1.29 is 4.79 Å². The predicted octanol–water partition coefficient (Wildman–Crippen LogP) is 4.55. The van der Waals surface area contributed by atoms with E-state index in [1.165, 1.54) is 24.2 Å². The van der Waals surface area contributed by atoms with Crippen molar-refractivity contribution in [1.82, 2.24) is 5.32 Å². The number of hydrogen-bond donors (Lipinski definition) is 2. The third-order valence-corrected chi connectivity index (χ3v) is 5.92. The van der Waals surface area contributed by atoms with E-state index in [1.807, 2.05) is 18.2 Å². The van der Waals surface area contributed by atoms with Crippen molar-refractivity contribution in [3.05, 3.63) is 27.5 Å². The minimum Gasteiger partial charge on any atom is -0.397 e. The summed E-state index contributed by atoms with van der Waals surface area (Å²) in [7, 11) is 0. The van der Waals surface area contributed by atoms with E-state index in [-0.39, 0.29) is 5.91 Å². The Morgan fingerprint density at radius 1 is 1.33 bits per heavy atom. The number of thiophene rings is 1. The fraction of sp³-hybridized carbons (Fsp3) is 0.438. The van der Waals surface area contributed by atoms with Crippen LogP contribution in [0.15, 0.2) is 22.7 Å². The second-order valence-corrected chi connectivity index (χ2v) is 7.88. The maximum atomic E-state index is 12.5. The lowest BCUT2D eigenvalue weighted by Gasteiger charge is -2.26. The first-order valence-corrected chi connectivity index (χ1v) is 8.94. The molecule has 1 aliphatic carbocycles. The molecule has 0 spiro atoms. The number of amides is 1. The summed E-state index contributed by atoms with van der Waals surface area (Å²) >= 11 is 4.92. The van der Waals surface area contributed by atoms with Crippen LogP contribution in [0.3, 0.4) is 0 Å². The lowest BCUT2D eigenvalue weighted by Crippen LogP contribution is -2.37. The molecule has 1 saturated carbocycles. The van der Waals surface area contributed by atoms with Gasteiger partial charge < -0.3 is 11.1 Å². The van der Waals surface area contributed by atoms with Crippen LogP contribution < -0.4 is 11.1 Å². The van der Waals surface area contributed by atoms with Crippen molar-refractivity contribution in [1.29, 1.82) is 0 Å². The molecule has 3 rings (SSSR count). The molecule has 0 saturated heterocycles. The molecule has 1 aromatic heterocycles. The van der Waals surface area contributed by atoms with Gasteiger partial charge in [0.1, 0.15) is 4.88 Å². The molecule has 3 N–H and O–H groups in total. The van der Waals surface area contributed by atoms with Crippen molar-refractivity contribution in [2.45, 2.75) is 38.6 Å². The van der Waals surface area contributed by atoms with Crippen molar-refractivity contribution in [3.63, 3.8) is 0 Å². The van der Waals surface area contributed by atoms with Gasteiger partial charge in [-0.05, 0) is 49.8 Å². The van der Waals surface area contributed by atoms with Gasteiger partial charge in [0.05, 0.1) is 5.69 Å². The maximum absolute atomic E-state index is 12.5. The van der Waals surface area contributed by atoms with Crippen LogP contribution in [0.25, 0.3) is 10.1 Å². The topological polar surface area (TPSA) is 55.1 Å². The van der Waals surface area contributed by atoms with Gasteiger partial charge in [0.2, 0.25) is 0 Å². The molecule has 1 aliphatic rings. The van der Waals surface area contributed by atoms with Gasteiger partial charge in [-0.15, -0.1) is 11.3 Å². The Labute approximate surface area is 137 Å². The number of benzene rings is 1. The largest absolute Gasteiger partial charge is 0.397 e. The van der Waals surface area contributed by atoms with Crippen LogP contribution in [0.5, 0.6) is 0 Å². The lowest BCUT2D eigenvalue weighted by molar-refractivity contribution is 0.0928. The Hall–Kier alpha value is -1.07. The number of fused-ring (bicyclic) bond motifs is 1. The number of nitrogens with one attached hydrogen (secondary N) is 1. The molecule has 2 aromatic rings. The molecule has 1 heterocycles. The Kier molecular flexibility index (Phi) is 4.22. The number of rotatable bonds is 2. The molecule has 0 atom stereocenters. The molecule has 3 nitrogen and oxygen atoms in total. The minimum atomic E-state index is -0.0237. The summed E-state index contributed by atoms with van der Waals surface area (Å²) in [6.45, 7) is 2.28. The summed E-state index contributed by atoms with van der Waals surface area (Å²) < 4.78 is 2.03. The molecule has 5 heteroatoms. The van der Waals surface area contributed by atoms with Gasteiger partial charge >= 0.3 is 0 Å². The van der Waals surface area contributed by atoms with Gasteiger partial charge in [0, 0.05) is 20.6 Å². The Balaban J connectivity index is 1.80. The highest BCUT2D eigenvalue weighted by Gasteiger charge is 2.23. The standard InChI is InChI=1S/C16H19BrN2OS/c1-9-2-5-11(6-3-9)19-16(20)15-14(18)12-8-10(17)4-7-13(12)21-15/h4,7-9,11H,2-3,5-6,18H2,1H3,(H,19,20). The molecule has 0 radical (unpaired) electrons. The maximum Gasteiger partial charge on any atom is 0.263 e. The van der Waals surface area contributed by atoms with Crippen molar-refractivity contribution >= 4 is 48.9 Å². The van der Waals surface area contributed by atoms with Gasteiger partial charge in [-0.25, -0.2) is 0 Å². The lowest BCUT2D eigenvalue weighted by atomic mass is 9.87. The van der Waals surface area contributed by atoms with E-state index in [0.29, 0.717) is 16.6 Å². The van der Waals surface area contributed by atoms with E-state index in [4.69, 9.17) is 5.73 Å². The fourth-order valence-electron chi connectivity index (χ4n) is 2.91. The van der Waals surface area contributed by atoms with Gasteiger partial charge in [0.25, 0.3) is 5.91 Å². The SMILES string of the molecule is CC1CCC(NC(=O)c2sc3ccc(Br)cc3c2N)CC1. The first-order valence-electron chi connectivity index (χ1n) is 7.33. The normalized spacial score (nSPS) is 22.4. The number of halogens is 1. The number of nitrogen functional groups attached to an aromatic ring is 1. The summed E-state index contributed by atoms with van der Waals surface area (Å²) in [6, 6.07) is 6.24. The Bertz CT molecular complexity index is 674. The quantitative estimate of drug-likeness (QED) is 0.818. The first-order chi connectivity index (χ1) is 10.0. The third-order valence-electron chi connectivity index (χ3n) is 4.25. The van der Waals surface area contributed by atoms with E-state index in [9.17, 15) is 4.79 Å². The molecule has 1 fully saturated rings.